The van der Waals surface area contributed by atoms with Crippen LogP contribution in [0.2, 0.25) is 0 Å². The summed E-state index contributed by atoms with van der Waals surface area (Å²) in [6.07, 6.45) is 7.60. The van der Waals surface area contributed by atoms with Crippen LogP contribution >= 0.6 is 0 Å². The minimum atomic E-state index is -4.89. The van der Waals surface area contributed by atoms with Crippen LogP contribution in [0.1, 0.15) is 71.6 Å². The van der Waals surface area contributed by atoms with Crippen LogP contribution in [0.25, 0.3) is 0 Å². The quantitative estimate of drug-likeness (QED) is 0.141. The Bertz CT molecular complexity index is 389. The van der Waals surface area contributed by atoms with E-state index in [2.05, 4.69) is 11.1 Å². The van der Waals surface area contributed by atoms with E-state index in [0.29, 0.717) is 6.42 Å². The van der Waals surface area contributed by atoms with Gasteiger partial charge in [-0.2, -0.15) is 0 Å². The molecule has 9 heteroatoms. The number of unbranched alkanes of at least 4 members (excludes halogenated alkanes) is 7. The maximum absolute atomic E-state index is 11.0. The molecule has 2 atom stereocenters. The molecule has 0 heterocycles. The normalized spacial score (nSPS) is 13.5. The van der Waals surface area contributed by atoms with Crippen LogP contribution < -0.4 is 64.2 Å². The van der Waals surface area contributed by atoms with Crippen molar-refractivity contribution in [3.8, 4) is 0 Å². The number of carbonyl (C=O) groups is 1. The first kappa shape index (κ1) is 29.1. The predicted octanol–water partition coefficient (Wildman–Crippen LogP) is -4.24. The van der Waals surface area contributed by atoms with Crippen LogP contribution in [-0.2, 0) is 19.4 Å². The van der Waals surface area contributed by atoms with Gasteiger partial charge >= 0.3 is 59.1 Å². The van der Waals surface area contributed by atoms with E-state index in [1.807, 2.05) is 0 Å². The molecule has 0 bridgehead atoms. The monoisotopic (exact) mass is 368 g/mol. The number of carbonyl (C=O) groups excluding carboxylic acids is 1. The number of hydrogen-bond acceptors (Lipinski definition) is 6. The van der Waals surface area contributed by atoms with Gasteiger partial charge in [0.15, 0.2) is 0 Å². The van der Waals surface area contributed by atoms with Gasteiger partial charge in [-0.15, -0.1) is 0 Å². The van der Waals surface area contributed by atoms with Crippen LogP contribution in [0.4, 0.5) is 0 Å². The number of hydrogen-bond donors (Lipinski definition) is 0. The summed E-state index contributed by atoms with van der Waals surface area (Å²) in [5.74, 6) is -2.46. The SMILES string of the molecule is CCCCCCCCCCC(C(=O)[O-])C(C)OS(=O)(=O)[O-].[Na+].[Na+]. The first-order valence-corrected chi connectivity index (χ1v) is 8.96. The average molecular weight is 368 g/mol. The van der Waals surface area contributed by atoms with Crippen LogP contribution in [0.15, 0.2) is 0 Å². The Hall–Kier alpha value is 1.34. The van der Waals surface area contributed by atoms with Crippen molar-refractivity contribution in [3.63, 3.8) is 0 Å². The van der Waals surface area contributed by atoms with Crippen molar-refractivity contribution in [2.45, 2.75) is 77.7 Å². The first-order chi connectivity index (χ1) is 9.78. The van der Waals surface area contributed by atoms with Gasteiger partial charge in [0.05, 0.1) is 6.10 Å². The molecule has 0 aliphatic carbocycles. The van der Waals surface area contributed by atoms with Crippen LogP contribution in [0.5, 0.6) is 0 Å². The molecule has 0 aromatic carbocycles. The molecule has 0 radical (unpaired) electrons. The zero-order chi connectivity index (χ0) is 16.3. The van der Waals surface area contributed by atoms with Gasteiger partial charge in [0, 0.05) is 11.9 Å². The summed E-state index contributed by atoms with van der Waals surface area (Å²) in [6, 6.07) is 0. The zero-order valence-electron chi connectivity index (χ0n) is 14.9. The molecular formula is C14H26Na2O6S. The average Bonchev–Trinajstić information content (AvgIpc) is 2.34. The van der Waals surface area contributed by atoms with Crippen LogP contribution in [0.3, 0.4) is 0 Å². The minimum absolute atomic E-state index is 0. The third kappa shape index (κ3) is 17.9. The Labute approximate surface area is 184 Å². The second-order valence-electron chi connectivity index (χ2n) is 5.40. The second-order valence-corrected chi connectivity index (χ2v) is 6.41. The molecule has 0 spiro atoms. The fourth-order valence-electron chi connectivity index (χ4n) is 2.30. The molecule has 0 aliphatic heterocycles. The van der Waals surface area contributed by atoms with E-state index in [9.17, 15) is 22.9 Å². The van der Waals surface area contributed by atoms with Gasteiger partial charge < -0.3 is 14.5 Å². The summed E-state index contributed by atoms with van der Waals surface area (Å²) in [5, 5.41) is 11.0. The van der Waals surface area contributed by atoms with Crippen molar-refractivity contribution >= 4 is 16.4 Å². The van der Waals surface area contributed by atoms with E-state index >= 15 is 0 Å². The van der Waals surface area contributed by atoms with E-state index in [0.717, 1.165) is 19.3 Å². The molecule has 126 valence electrons. The standard InChI is InChI=1S/C14H28O6S.2Na/c1-3-4-5-6-7-8-9-10-11-13(14(15)16)12(2)20-21(17,18)19;;/h12-13H,3-11H2,1-2H3,(H,15,16)(H,17,18,19);;/q;2*+1/p-2. The number of rotatable bonds is 13. The van der Waals surface area contributed by atoms with Crippen molar-refractivity contribution in [1.82, 2.24) is 0 Å². The largest absolute Gasteiger partial charge is 1.00 e. The third-order valence-electron chi connectivity index (χ3n) is 3.51. The molecule has 0 amide bonds. The van der Waals surface area contributed by atoms with E-state index in [4.69, 9.17) is 0 Å². The Kier molecular flexibility index (Phi) is 21.3. The summed E-state index contributed by atoms with van der Waals surface area (Å²) in [6.45, 7) is 3.42. The maximum Gasteiger partial charge on any atom is 1.00 e. The summed E-state index contributed by atoms with van der Waals surface area (Å²) < 4.78 is 35.6. The smallest absolute Gasteiger partial charge is 0.726 e. The number of carboxylic acids is 1. The van der Waals surface area contributed by atoms with Crippen LogP contribution in [-0.4, -0.2) is 25.0 Å². The minimum Gasteiger partial charge on any atom is -0.726 e. The van der Waals surface area contributed by atoms with Crippen molar-refractivity contribution in [2.24, 2.45) is 5.92 Å². The maximum atomic E-state index is 11.0. The fourth-order valence-corrected chi connectivity index (χ4v) is 2.80. The summed E-state index contributed by atoms with van der Waals surface area (Å²) in [7, 11) is -4.89. The Morgan fingerprint density at radius 3 is 1.83 bits per heavy atom. The van der Waals surface area contributed by atoms with E-state index in [1.165, 1.54) is 32.6 Å². The Morgan fingerprint density at radius 2 is 1.43 bits per heavy atom. The van der Waals surface area contributed by atoms with Gasteiger partial charge in [0.2, 0.25) is 10.4 Å². The number of carboxylic acid groups (broad SMARTS) is 1. The first-order valence-electron chi connectivity index (χ1n) is 7.63. The molecule has 0 N–H and O–H groups in total. The van der Waals surface area contributed by atoms with Gasteiger partial charge in [0.1, 0.15) is 0 Å². The molecule has 0 aromatic rings. The summed E-state index contributed by atoms with van der Waals surface area (Å²) in [4.78, 5) is 11.0. The topological polar surface area (TPSA) is 107 Å². The molecule has 6 nitrogen and oxygen atoms in total. The molecule has 0 saturated heterocycles. The van der Waals surface area contributed by atoms with Crippen molar-refractivity contribution < 1.29 is 86.2 Å². The van der Waals surface area contributed by atoms with Gasteiger partial charge in [-0.1, -0.05) is 58.3 Å². The molecule has 0 saturated carbocycles. The van der Waals surface area contributed by atoms with Gasteiger partial charge in [-0.25, -0.2) is 8.42 Å². The third-order valence-corrected chi connectivity index (χ3v) is 4.05. The molecular weight excluding hydrogens is 342 g/mol. The van der Waals surface area contributed by atoms with Crippen molar-refractivity contribution in [2.75, 3.05) is 0 Å². The number of aliphatic carboxylic acids is 1. The van der Waals surface area contributed by atoms with Gasteiger partial charge in [-0.3, -0.25) is 4.18 Å². The van der Waals surface area contributed by atoms with E-state index in [-0.39, 0.29) is 65.5 Å². The van der Waals surface area contributed by atoms with E-state index < -0.39 is 28.4 Å². The molecule has 23 heavy (non-hydrogen) atoms. The van der Waals surface area contributed by atoms with Gasteiger partial charge in [-0.05, 0) is 13.3 Å². The van der Waals surface area contributed by atoms with Crippen molar-refractivity contribution in [1.29, 1.82) is 0 Å². The van der Waals surface area contributed by atoms with Crippen LogP contribution in [0, 0.1) is 5.92 Å². The fraction of sp³-hybridized carbons (Fsp3) is 0.929. The molecule has 0 aromatic heterocycles. The van der Waals surface area contributed by atoms with Crippen molar-refractivity contribution in [3.05, 3.63) is 0 Å². The predicted molar refractivity (Wildman–Crippen MR) is 76.0 cm³/mol. The zero-order valence-corrected chi connectivity index (χ0v) is 19.7. The molecule has 0 aliphatic rings. The summed E-state index contributed by atoms with van der Waals surface area (Å²) >= 11 is 0. The molecule has 0 fully saturated rings. The molecule has 0 rings (SSSR count). The molecule has 2 unspecified atom stereocenters. The summed E-state index contributed by atoms with van der Waals surface area (Å²) in [5.41, 5.74) is 0. The van der Waals surface area contributed by atoms with E-state index in [1.54, 1.807) is 0 Å². The Balaban J connectivity index is -0.00000200. The second kappa shape index (κ2) is 16.8. The van der Waals surface area contributed by atoms with Gasteiger partial charge in [0.25, 0.3) is 0 Å². The Morgan fingerprint density at radius 1 is 1.00 bits per heavy atom.